The fourth-order valence-corrected chi connectivity index (χ4v) is 7.89. The van der Waals surface area contributed by atoms with Crippen LogP contribution in [-0.2, 0) is 30.5 Å². The molecule has 1 spiro atoms. The predicted molar refractivity (Wildman–Crippen MR) is 158 cm³/mol. The molecule has 1 aromatic rings. The van der Waals surface area contributed by atoms with Gasteiger partial charge in [-0.15, -0.1) is 23.2 Å². The maximum atomic E-state index is 12.5. The molecule has 7 unspecified atom stereocenters. The lowest BCUT2D eigenvalue weighted by atomic mass is 9.60. The molecule has 6 rings (SSSR count). The van der Waals surface area contributed by atoms with E-state index in [2.05, 4.69) is 41.4 Å². The van der Waals surface area contributed by atoms with Crippen molar-refractivity contribution < 1.29 is 24.0 Å². The molecule has 7 nitrogen and oxygen atoms in total. The van der Waals surface area contributed by atoms with Crippen molar-refractivity contribution in [2.75, 3.05) is 36.3 Å². The number of carbonyl (C=O) groups is 1. The topological polar surface area (TPSA) is 69.3 Å². The minimum atomic E-state index is -0.728. The Labute approximate surface area is 249 Å². The van der Waals surface area contributed by atoms with Crippen LogP contribution in [0.2, 0.25) is 0 Å². The van der Waals surface area contributed by atoms with E-state index in [-0.39, 0.29) is 18.3 Å². The first-order valence-electron chi connectivity index (χ1n) is 15.3. The summed E-state index contributed by atoms with van der Waals surface area (Å²) in [5.74, 6) is 1.66. The third-order valence-electron chi connectivity index (χ3n) is 9.71. The lowest BCUT2D eigenvalue weighted by molar-refractivity contribution is -0.569. The van der Waals surface area contributed by atoms with Crippen LogP contribution in [0.3, 0.4) is 0 Å². The molecule has 5 fully saturated rings. The molecule has 9 heteroatoms. The molecule has 2 bridgehead atoms. The summed E-state index contributed by atoms with van der Waals surface area (Å²) in [5, 5.41) is 3.11. The molecule has 5 aliphatic rings. The van der Waals surface area contributed by atoms with E-state index in [1.165, 1.54) is 12.0 Å². The molecule has 7 atom stereocenters. The standard InChI is InChI=1S/C31H46Cl2N2O5/c1-22-26-8-4-7-24-15-16-30(2)38-29(31(24,26)40-39-30)37-27(22)9-5-19-34-28(36)10-3-6-23-11-13-25(14-12-23)35(20-17-32)21-18-33/h11-14,22,24,26-27,29H,3-10,15-21H2,1-2H3,(H,34,36). The third-order valence-corrected chi connectivity index (χ3v) is 10.0. The van der Waals surface area contributed by atoms with Crippen LogP contribution >= 0.6 is 23.2 Å². The van der Waals surface area contributed by atoms with Gasteiger partial charge < -0.3 is 19.7 Å². The van der Waals surface area contributed by atoms with Gasteiger partial charge in [0.1, 0.15) is 0 Å². The van der Waals surface area contributed by atoms with Gasteiger partial charge in [-0.25, -0.2) is 9.78 Å². The maximum absolute atomic E-state index is 12.5. The van der Waals surface area contributed by atoms with Gasteiger partial charge in [-0.05, 0) is 81.4 Å². The minimum Gasteiger partial charge on any atom is -0.369 e. The maximum Gasteiger partial charge on any atom is 0.220 e. The van der Waals surface area contributed by atoms with E-state index in [0.29, 0.717) is 42.5 Å². The van der Waals surface area contributed by atoms with Crippen LogP contribution < -0.4 is 10.2 Å². The van der Waals surface area contributed by atoms with Crippen molar-refractivity contribution in [1.29, 1.82) is 0 Å². The monoisotopic (exact) mass is 596 g/mol. The van der Waals surface area contributed by atoms with Crippen LogP contribution in [0.5, 0.6) is 0 Å². The summed E-state index contributed by atoms with van der Waals surface area (Å²) >= 11 is 11.9. The molecular formula is C31H46Cl2N2O5. The van der Waals surface area contributed by atoms with Crippen LogP contribution in [-0.4, -0.2) is 61.1 Å². The second-order valence-electron chi connectivity index (χ2n) is 12.3. The summed E-state index contributed by atoms with van der Waals surface area (Å²) in [5.41, 5.74) is 1.88. The SMILES string of the molecule is CC1C(CCCNC(=O)CCCc2ccc(N(CCCl)CCCl)cc2)OC2OC3(C)CCC4CCCC1C42OO3. The van der Waals surface area contributed by atoms with Crippen molar-refractivity contribution in [3.8, 4) is 0 Å². The largest absolute Gasteiger partial charge is 0.369 e. The summed E-state index contributed by atoms with van der Waals surface area (Å²) in [4.78, 5) is 26.7. The lowest BCUT2D eigenvalue weighted by Gasteiger charge is -2.59. The van der Waals surface area contributed by atoms with Gasteiger partial charge in [0.2, 0.25) is 11.7 Å². The number of anilines is 1. The van der Waals surface area contributed by atoms with Crippen molar-refractivity contribution in [3.63, 3.8) is 0 Å². The molecule has 1 amide bonds. The number of ether oxygens (including phenoxy) is 2. The first kappa shape index (κ1) is 30.4. The number of carbonyl (C=O) groups excluding carboxylic acids is 1. The number of fused-ring (bicyclic) bond motifs is 2. The van der Waals surface area contributed by atoms with E-state index in [0.717, 1.165) is 70.1 Å². The summed E-state index contributed by atoms with van der Waals surface area (Å²) < 4.78 is 13.0. The Hall–Kier alpha value is -1.09. The number of rotatable bonds is 13. The minimum absolute atomic E-state index is 0.0931. The molecule has 40 heavy (non-hydrogen) atoms. The molecule has 4 heterocycles. The van der Waals surface area contributed by atoms with E-state index in [1.807, 2.05) is 6.92 Å². The van der Waals surface area contributed by atoms with Gasteiger partial charge in [0, 0.05) is 55.8 Å². The van der Waals surface area contributed by atoms with Crippen molar-refractivity contribution in [2.24, 2.45) is 17.8 Å². The highest BCUT2D eigenvalue weighted by Crippen LogP contribution is 2.59. The van der Waals surface area contributed by atoms with Gasteiger partial charge >= 0.3 is 0 Å². The molecule has 1 saturated carbocycles. The first-order valence-corrected chi connectivity index (χ1v) is 16.4. The highest BCUT2D eigenvalue weighted by Gasteiger charge is 2.67. The lowest BCUT2D eigenvalue weighted by Crippen LogP contribution is -2.69. The number of hydrogen-bond donors (Lipinski definition) is 1. The van der Waals surface area contributed by atoms with Crippen LogP contribution in [0.4, 0.5) is 5.69 Å². The Morgan fingerprint density at radius 1 is 1.07 bits per heavy atom. The fraction of sp³-hybridized carbons (Fsp3) is 0.774. The average molecular weight is 598 g/mol. The Kier molecular flexibility index (Phi) is 10.2. The number of alkyl halides is 2. The second-order valence-corrected chi connectivity index (χ2v) is 13.0. The highest BCUT2D eigenvalue weighted by atomic mass is 35.5. The first-order chi connectivity index (χ1) is 19.4. The quantitative estimate of drug-likeness (QED) is 0.166. The van der Waals surface area contributed by atoms with Gasteiger partial charge in [-0.2, -0.15) is 0 Å². The predicted octanol–water partition coefficient (Wildman–Crippen LogP) is 6.19. The number of aryl methyl sites for hydroxylation is 1. The molecule has 4 saturated heterocycles. The molecular weight excluding hydrogens is 551 g/mol. The highest BCUT2D eigenvalue weighted by molar-refractivity contribution is 6.18. The number of hydrogen-bond acceptors (Lipinski definition) is 6. The molecule has 1 N–H and O–H groups in total. The molecule has 4 aliphatic heterocycles. The van der Waals surface area contributed by atoms with E-state index >= 15 is 0 Å². The van der Waals surface area contributed by atoms with Crippen molar-refractivity contribution in [1.82, 2.24) is 5.32 Å². The average Bonchev–Trinajstić information content (AvgIpc) is 3.18. The van der Waals surface area contributed by atoms with E-state index in [1.54, 1.807) is 0 Å². The van der Waals surface area contributed by atoms with Crippen LogP contribution in [0.15, 0.2) is 24.3 Å². The Morgan fingerprint density at radius 3 is 2.60 bits per heavy atom. The molecule has 0 radical (unpaired) electrons. The third kappa shape index (κ3) is 6.45. The van der Waals surface area contributed by atoms with Gasteiger partial charge in [0.05, 0.1) is 6.10 Å². The van der Waals surface area contributed by atoms with Crippen molar-refractivity contribution >= 4 is 34.8 Å². The number of halogens is 2. The van der Waals surface area contributed by atoms with Crippen LogP contribution in [0.1, 0.15) is 77.2 Å². The van der Waals surface area contributed by atoms with E-state index in [4.69, 9.17) is 42.5 Å². The zero-order chi connectivity index (χ0) is 28.2. The molecule has 1 aromatic carbocycles. The van der Waals surface area contributed by atoms with Gasteiger partial charge in [-0.3, -0.25) is 4.79 Å². The Morgan fingerprint density at radius 2 is 1.85 bits per heavy atom. The molecule has 0 aromatic heterocycles. The zero-order valence-corrected chi connectivity index (χ0v) is 25.6. The van der Waals surface area contributed by atoms with Crippen molar-refractivity contribution in [3.05, 3.63) is 29.8 Å². The van der Waals surface area contributed by atoms with E-state index < -0.39 is 11.4 Å². The number of nitrogens with one attached hydrogen (secondary N) is 1. The van der Waals surface area contributed by atoms with Crippen molar-refractivity contribution in [2.45, 2.75) is 102 Å². The van der Waals surface area contributed by atoms with Crippen LogP contribution in [0.25, 0.3) is 0 Å². The number of amides is 1. The molecule has 224 valence electrons. The van der Waals surface area contributed by atoms with Gasteiger partial charge in [-0.1, -0.05) is 25.5 Å². The smallest absolute Gasteiger partial charge is 0.220 e. The summed E-state index contributed by atoms with van der Waals surface area (Å²) in [6.45, 7) is 6.48. The fourth-order valence-electron chi connectivity index (χ4n) is 7.48. The van der Waals surface area contributed by atoms with E-state index in [9.17, 15) is 4.79 Å². The van der Waals surface area contributed by atoms with Crippen LogP contribution in [0, 0.1) is 17.8 Å². The summed E-state index contributed by atoms with van der Waals surface area (Å²) in [6, 6.07) is 8.49. The second kappa shape index (κ2) is 13.5. The number of benzene rings is 1. The molecule has 1 aliphatic carbocycles. The van der Waals surface area contributed by atoms with Gasteiger partial charge in [0.25, 0.3) is 0 Å². The summed E-state index contributed by atoms with van der Waals surface area (Å²) in [6.07, 6.45) is 9.11. The zero-order valence-electron chi connectivity index (χ0n) is 24.0. The normalized spacial score (nSPS) is 34.6. The summed E-state index contributed by atoms with van der Waals surface area (Å²) in [7, 11) is 0. The Balaban J connectivity index is 1.04. The number of nitrogens with zero attached hydrogens (tertiary/aromatic N) is 1. The Bertz CT molecular complexity index is 977. The van der Waals surface area contributed by atoms with Gasteiger partial charge in [0.15, 0.2) is 11.9 Å².